The maximum absolute atomic E-state index is 10.6. The highest BCUT2D eigenvalue weighted by Gasteiger charge is 2.11. The van der Waals surface area contributed by atoms with E-state index in [2.05, 4.69) is 20.5 Å². The van der Waals surface area contributed by atoms with Crippen LogP contribution in [0.15, 0.2) is 46.0 Å². The van der Waals surface area contributed by atoms with Crippen molar-refractivity contribution >= 4 is 28.8 Å². The second-order valence-electron chi connectivity index (χ2n) is 3.91. The molecule has 0 aliphatic heterocycles. The lowest BCUT2D eigenvalue weighted by molar-refractivity contribution is -0.385. The van der Waals surface area contributed by atoms with E-state index < -0.39 is 4.92 Å². The molecule has 0 fully saturated rings. The van der Waals surface area contributed by atoms with Gasteiger partial charge in [-0.25, -0.2) is 9.67 Å². The summed E-state index contributed by atoms with van der Waals surface area (Å²) in [5, 5.41) is 25.3. The van der Waals surface area contributed by atoms with Crippen molar-refractivity contribution in [2.24, 2.45) is 0 Å². The average molecular weight is 320 g/mol. The van der Waals surface area contributed by atoms with Gasteiger partial charge >= 0.3 is 0 Å². The summed E-state index contributed by atoms with van der Waals surface area (Å²) in [6.07, 6.45) is 1.22. The van der Waals surface area contributed by atoms with Gasteiger partial charge in [-0.1, -0.05) is 6.07 Å². The van der Waals surface area contributed by atoms with Crippen LogP contribution in [0.2, 0.25) is 0 Å². The van der Waals surface area contributed by atoms with Crippen LogP contribution < -0.4 is 0 Å². The van der Waals surface area contributed by atoms with Crippen LogP contribution >= 0.6 is 23.1 Å². The van der Waals surface area contributed by atoms with Crippen molar-refractivity contribution in [1.82, 2.24) is 25.2 Å². The fraction of sp³-hybridized carbons (Fsp3) is 0.0909. The number of tetrazole rings is 1. The van der Waals surface area contributed by atoms with Gasteiger partial charge < -0.3 is 0 Å². The number of pyridine rings is 1. The molecule has 8 nitrogen and oxygen atoms in total. The van der Waals surface area contributed by atoms with Crippen LogP contribution in [0, 0.1) is 10.1 Å². The minimum Gasteiger partial charge on any atom is -0.258 e. The Bertz CT molecular complexity index is 740. The minimum atomic E-state index is -0.484. The number of nitrogens with zero attached hydrogens (tertiary/aromatic N) is 6. The standard InChI is InChI=1S/C11H8N6O2S2/c18-17(19)8-3-4-10(12-6-8)21-11-13-14-15-16(11)7-9-2-1-5-20-9/h1-6H,7H2. The zero-order valence-corrected chi connectivity index (χ0v) is 12.1. The highest BCUT2D eigenvalue weighted by Crippen LogP contribution is 2.25. The summed E-state index contributed by atoms with van der Waals surface area (Å²) < 4.78 is 1.67. The third kappa shape index (κ3) is 3.23. The third-order valence-corrected chi connectivity index (χ3v) is 4.30. The largest absolute Gasteiger partial charge is 0.287 e. The second-order valence-corrected chi connectivity index (χ2v) is 5.93. The van der Waals surface area contributed by atoms with Gasteiger partial charge in [0.05, 0.1) is 11.5 Å². The zero-order valence-electron chi connectivity index (χ0n) is 10.5. The van der Waals surface area contributed by atoms with Crippen LogP contribution in [-0.2, 0) is 6.54 Å². The Kier molecular flexibility index (Phi) is 3.88. The van der Waals surface area contributed by atoms with E-state index in [1.807, 2.05) is 17.5 Å². The molecule has 0 aromatic carbocycles. The highest BCUT2D eigenvalue weighted by atomic mass is 32.2. The maximum atomic E-state index is 10.6. The lowest BCUT2D eigenvalue weighted by Gasteiger charge is -2.02. The number of nitro groups is 1. The van der Waals surface area contributed by atoms with Gasteiger partial charge in [-0.3, -0.25) is 10.1 Å². The van der Waals surface area contributed by atoms with E-state index >= 15 is 0 Å². The van der Waals surface area contributed by atoms with Gasteiger partial charge in [0.15, 0.2) is 0 Å². The number of thiophene rings is 1. The molecule has 0 spiro atoms. The Morgan fingerprint density at radius 2 is 2.29 bits per heavy atom. The van der Waals surface area contributed by atoms with Crippen LogP contribution in [-0.4, -0.2) is 30.1 Å². The number of hydrogen-bond acceptors (Lipinski definition) is 8. The topological polar surface area (TPSA) is 99.6 Å². The van der Waals surface area contributed by atoms with Crippen LogP contribution in [0.5, 0.6) is 0 Å². The van der Waals surface area contributed by atoms with Gasteiger partial charge in [0.2, 0.25) is 5.16 Å². The summed E-state index contributed by atoms with van der Waals surface area (Å²) in [5.41, 5.74) is -0.0440. The van der Waals surface area contributed by atoms with E-state index in [1.165, 1.54) is 24.0 Å². The van der Waals surface area contributed by atoms with Crippen molar-refractivity contribution in [3.63, 3.8) is 0 Å². The molecule has 0 N–H and O–H groups in total. The van der Waals surface area contributed by atoms with Crippen molar-refractivity contribution in [3.8, 4) is 0 Å². The monoisotopic (exact) mass is 320 g/mol. The van der Waals surface area contributed by atoms with E-state index in [1.54, 1.807) is 22.1 Å². The lowest BCUT2D eigenvalue weighted by atomic mass is 10.4. The Morgan fingerprint density at radius 1 is 1.38 bits per heavy atom. The zero-order chi connectivity index (χ0) is 14.7. The first-order valence-corrected chi connectivity index (χ1v) is 7.49. The van der Waals surface area contributed by atoms with Crippen molar-refractivity contribution < 1.29 is 4.92 Å². The molecule has 0 atom stereocenters. The number of aromatic nitrogens is 5. The summed E-state index contributed by atoms with van der Waals surface area (Å²) in [7, 11) is 0. The molecule has 21 heavy (non-hydrogen) atoms. The molecule has 0 saturated carbocycles. The van der Waals surface area contributed by atoms with E-state index in [0.717, 1.165) is 4.88 Å². The van der Waals surface area contributed by atoms with Gasteiger partial charge in [-0.2, -0.15) is 0 Å². The number of rotatable bonds is 5. The predicted molar refractivity (Wildman–Crippen MR) is 76.3 cm³/mol. The molecule has 0 unspecified atom stereocenters. The maximum Gasteiger partial charge on any atom is 0.287 e. The van der Waals surface area contributed by atoms with Crippen molar-refractivity contribution in [1.29, 1.82) is 0 Å². The van der Waals surface area contributed by atoms with E-state index in [-0.39, 0.29) is 5.69 Å². The van der Waals surface area contributed by atoms with E-state index in [9.17, 15) is 10.1 Å². The Hall–Kier alpha value is -2.33. The molecular weight excluding hydrogens is 312 g/mol. The lowest BCUT2D eigenvalue weighted by Crippen LogP contribution is -2.02. The average Bonchev–Trinajstić information content (AvgIpc) is 3.13. The summed E-state index contributed by atoms with van der Waals surface area (Å²) in [4.78, 5) is 15.3. The third-order valence-electron chi connectivity index (χ3n) is 2.51. The SMILES string of the molecule is O=[N+]([O-])c1ccc(Sc2nnnn2Cc2cccs2)nc1. The molecule has 0 aliphatic carbocycles. The normalized spacial score (nSPS) is 10.7. The Labute approximate surface area is 127 Å². The molecule has 10 heteroatoms. The molecule has 0 bridgehead atoms. The molecule has 106 valence electrons. The Balaban J connectivity index is 1.76. The molecular formula is C11H8N6O2S2. The van der Waals surface area contributed by atoms with Gasteiger partial charge in [0.1, 0.15) is 11.2 Å². The summed E-state index contributed by atoms with van der Waals surface area (Å²) in [6.45, 7) is 0.583. The smallest absolute Gasteiger partial charge is 0.258 e. The molecule has 3 heterocycles. The Morgan fingerprint density at radius 3 is 2.95 bits per heavy atom. The molecule has 3 rings (SSSR count). The quantitative estimate of drug-likeness (QED) is 0.525. The second kappa shape index (κ2) is 5.97. The van der Waals surface area contributed by atoms with Crippen LogP contribution in [0.1, 0.15) is 4.88 Å². The van der Waals surface area contributed by atoms with E-state index in [0.29, 0.717) is 16.7 Å². The predicted octanol–water partition coefficient (Wildman–Crippen LogP) is 2.24. The fourth-order valence-electron chi connectivity index (χ4n) is 1.55. The summed E-state index contributed by atoms with van der Waals surface area (Å²) in [6, 6.07) is 6.95. The first-order chi connectivity index (χ1) is 10.2. The molecule has 0 amide bonds. The fourth-order valence-corrected chi connectivity index (χ4v) is 2.95. The highest BCUT2D eigenvalue weighted by molar-refractivity contribution is 7.99. The summed E-state index contributed by atoms with van der Waals surface area (Å²) in [5.74, 6) is 0. The van der Waals surface area contributed by atoms with Crippen LogP contribution in [0.3, 0.4) is 0 Å². The van der Waals surface area contributed by atoms with Gasteiger partial charge in [-0.15, -0.1) is 16.4 Å². The van der Waals surface area contributed by atoms with Crippen LogP contribution in [0.4, 0.5) is 5.69 Å². The first-order valence-electron chi connectivity index (χ1n) is 5.79. The van der Waals surface area contributed by atoms with E-state index in [4.69, 9.17) is 0 Å². The van der Waals surface area contributed by atoms with Gasteiger partial charge in [0, 0.05) is 10.9 Å². The summed E-state index contributed by atoms with van der Waals surface area (Å²) >= 11 is 2.89. The number of hydrogen-bond donors (Lipinski definition) is 0. The van der Waals surface area contributed by atoms with Gasteiger partial charge in [-0.05, 0) is 39.7 Å². The van der Waals surface area contributed by atoms with Crippen molar-refractivity contribution in [2.45, 2.75) is 16.7 Å². The molecule has 3 aromatic heterocycles. The van der Waals surface area contributed by atoms with Crippen molar-refractivity contribution in [3.05, 3.63) is 50.8 Å². The van der Waals surface area contributed by atoms with Crippen molar-refractivity contribution in [2.75, 3.05) is 0 Å². The molecule has 0 aliphatic rings. The molecule has 3 aromatic rings. The van der Waals surface area contributed by atoms with Crippen LogP contribution in [0.25, 0.3) is 0 Å². The first kappa shape index (κ1) is 13.6. The minimum absolute atomic E-state index is 0.0440. The molecule has 0 saturated heterocycles. The molecule has 0 radical (unpaired) electrons. The van der Waals surface area contributed by atoms with Gasteiger partial charge in [0.25, 0.3) is 5.69 Å².